The number of amides is 2. The van der Waals surface area contributed by atoms with E-state index in [1.807, 2.05) is 6.07 Å². The first-order valence-electron chi connectivity index (χ1n) is 8.08. The molecule has 2 aliphatic rings. The number of fused-ring (bicyclic) bond motifs is 3. The number of aromatic amines is 1. The number of nitrogens with one attached hydrogen (secondary N) is 2. The van der Waals surface area contributed by atoms with Gasteiger partial charge < -0.3 is 19.9 Å². The molecule has 2 heterocycles. The van der Waals surface area contributed by atoms with E-state index in [2.05, 4.69) is 22.4 Å². The van der Waals surface area contributed by atoms with Crippen LogP contribution in [0.25, 0.3) is 10.9 Å². The highest BCUT2D eigenvalue weighted by atomic mass is 16.5. The van der Waals surface area contributed by atoms with Crippen molar-refractivity contribution in [2.45, 2.75) is 25.7 Å². The lowest BCUT2D eigenvalue weighted by atomic mass is 9.95. The normalized spacial score (nSPS) is 18.3. The number of nitrogens with zero attached hydrogens (tertiary/aromatic N) is 1. The maximum atomic E-state index is 12.3. The summed E-state index contributed by atoms with van der Waals surface area (Å²) in [5.41, 5.74) is 4.86. The molecule has 22 heavy (non-hydrogen) atoms. The fourth-order valence-electron chi connectivity index (χ4n) is 3.45. The van der Waals surface area contributed by atoms with Gasteiger partial charge in [-0.3, -0.25) is 0 Å². The number of aryl methyl sites for hydroxylation is 2. The zero-order valence-corrected chi connectivity index (χ0v) is 12.7. The van der Waals surface area contributed by atoms with Crippen LogP contribution in [0, 0.1) is 0 Å². The number of carbonyl (C=O) groups is 1. The fraction of sp³-hybridized carbons (Fsp3) is 0.471. The smallest absolute Gasteiger partial charge is 0.321 e. The summed E-state index contributed by atoms with van der Waals surface area (Å²) < 4.78 is 5.28. The van der Waals surface area contributed by atoms with Crippen molar-refractivity contribution in [3.63, 3.8) is 0 Å². The molecule has 1 saturated heterocycles. The molecule has 0 spiro atoms. The van der Waals surface area contributed by atoms with Crippen LogP contribution >= 0.6 is 0 Å². The second kappa shape index (κ2) is 5.65. The van der Waals surface area contributed by atoms with Gasteiger partial charge in [0.25, 0.3) is 0 Å². The van der Waals surface area contributed by atoms with Gasteiger partial charge >= 0.3 is 6.03 Å². The summed E-state index contributed by atoms with van der Waals surface area (Å²) in [6.07, 6.45) is 4.79. The van der Waals surface area contributed by atoms with Crippen LogP contribution in [0.3, 0.4) is 0 Å². The van der Waals surface area contributed by atoms with Crippen LogP contribution in [0.2, 0.25) is 0 Å². The van der Waals surface area contributed by atoms with Crippen LogP contribution in [0.4, 0.5) is 10.5 Å². The van der Waals surface area contributed by atoms with Crippen LogP contribution in [-0.2, 0) is 17.6 Å². The van der Waals surface area contributed by atoms with Gasteiger partial charge in [0.05, 0.1) is 13.2 Å². The van der Waals surface area contributed by atoms with Crippen molar-refractivity contribution < 1.29 is 9.53 Å². The summed E-state index contributed by atoms with van der Waals surface area (Å²) in [6.45, 7) is 2.57. The molecular weight excluding hydrogens is 278 g/mol. The molecule has 0 saturated carbocycles. The van der Waals surface area contributed by atoms with Gasteiger partial charge in [-0.05, 0) is 49.4 Å². The minimum Gasteiger partial charge on any atom is -0.378 e. The van der Waals surface area contributed by atoms with Gasteiger partial charge in [0.2, 0.25) is 0 Å². The molecule has 1 fully saturated rings. The number of urea groups is 1. The predicted molar refractivity (Wildman–Crippen MR) is 86.4 cm³/mol. The molecule has 5 heteroatoms. The Bertz CT molecular complexity index is 701. The molecule has 2 amide bonds. The zero-order valence-electron chi connectivity index (χ0n) is 12.7. The van der Waals surface area contributed by atoms with E-state index in [0.29, 0.717) is 26.3 Å². The maximum absolute atomic E-state index is 12.3. The summed E-state index contributed by atoms with van der Waals surface area (Å²) in [7, 11) is 0. The van der Waals surface area contributed by atoms with E-state index in [0.717, 1.165) is 18.5 Å². The third-order valence-corrected chi connectivity index (χ3v) is 4.65. The van der Waals surface area contributed by atoms with Crippen molar-refractivity contribution in [2.75, 3.05) is 31.6 Å². The molecule has 0 radical (unpaired) electrons. The van der Waals surface area contributed by atoms with E-state index in [9.17, 15) is 4.79 Å². The van der Waals surface area contributed by atoms with Crippen LogP contribution in [0.1, 0.15) is 24.1 Å². The van der Waals surface area contributed by atoms with Crippen molar-refractivity contribution in [1.29, 1.82) is 0 Å². The number of hydrogen-bond donors (Lipinski definition) is 2. The van der Waals surface area contributed by atoms with Crippen molar-refractivity contribution in [3.05, 3.63) is 29.5 Å². The van der Waals surface area contributed by atoms with Crippen LogP contribution in [0.15, 0.2) is 18.2 Å². The van der Waals surface area contributed by atoms with Crippen molar-refractivity contribution in [1.82, 2.24) is 9.88 Å². The topological polar surface area (TPSA) is 57.4 Å². The third-order valence-electron chi connectivity index (χ3n) is 4.65. The lowest BCUT2D eigenvalue weighted by Gasteiger charge is -2.26. The Morgan fingerprint density at radius 3 is 2.86 bits per heavy atom. The van der Waals surface area contributed by atoms with E-state index in [1.165, 1.54) is 35.0 Å². The Balaban J connectivity index is 1.58. The number of morpholine rings is 1. The third kappa shape index (κ3) is 2.46. The Hall–Kier alpha value is -2.01. The SMILES string of the molecule is O=C(Nc1ccc2[nH]c3c(c2c1)CCCC3)N1CCOCC1. The molecule has 1 aromatic heterocycles. The molecule has 4 rings (SSSR count). The highest BCUT2D eigenvalue weighted by Crippen LogP contribution is 2.30. The standard InChI is InChI=1S/C17H21N3O2/c21-17(20-7-9-22-10-8-20)18-12-5-6-16-14(11-12)13-3-1-2-4-15(13)19-16/h5-6,11,19H,1-4,7-10H2,(H,18,21). The first-order valence-corrected chi connectivity index (χ1v) is 8.08. The van der Waals surface area contributed by atoms with Gasteiger partial charge in [-0.1, -0.05) is 0 Å². The van der Waals surface area contributed by atoms with E-state index < -0.39 is 0 Å². The highest BCUT2D eigenvalue weighted by Gasteiger charge is 2.18. The lowest BCUT2D eigenvalue weighted by molar-refractivity contribution is 0.0564. The zero-order chi connectivity index (χ0) is 14.9. The molecule has 0 atom stereocenters. The first kappa shape index (κ1) is 13.6. The second-order valence-corrected chi connectivity index (χ2v) is 6.08. The van der Waals surface area contributed by atoms with E-state index >= 15 is 0 Å². The maximum Gasteiger partial charge on any atom is 0.321 e. The first-order chi connectivity index (χ1) is 10.8. The van der Waals surface area contributed by atoms with Crippen LogP contribution in [0.5, 0.6) is 0 Å². The molecule has 1 aromatic carbocycles. The minimum absolute atomic E-state index is 0.0351. The Morgan fingerprint density at radius 2 is 2.00 bits per heavy atom. The number of benzene rings is 1. The summed E-state index contributed by atoms with van der Waals surface area (Å²) in [5, 5.41) is 4.28. The fourth-order valence-corrected chi connectivity index (χ4v) is 3.45. The summed E-state index contributed by atoms with van der Waals surface area (Å²) in [4.78, 5) is 17.6. The average molecular weight is 299 g/mol. The van der Waals surface area contributed by atoms with E-state index in [1.54, 1.807) is 4.90 Å². The largest absolute Gasteiger partial charge is 0.378 e. The number of hydrogen-bond acceptors (Lipinski definition) is 2. The van der Waals surface area contributed by atoms with Gasteiger partial charge in [0.1, 0.15) is 0 Å². The molecule has 1 aliphatic heterocycles. The number of anilines is 1. The molecule has 1 aliphatic carbocycles. The quantitative estimate of drug-likeness (QED) is 0.850. The van der Waals surface area contributed by atoms with Crippen molar-refractivity contribution in [3.8, 4) is 0 Å². The Kier molecular flexibility index (Phi) is 3.50. The monoisotopic (exact) mass is 299 g/mol. The van der Waals surface area contributed by atoms with Gasteiger partial charge in [0, 0.05) is 35.4 Å². The van der Waals surface area contributed by atoms with Gasteiger partial charge in [0.15, 0.2) is 0 Å². The average Bonchev–Trinajstić information content (AvgIpc) is 2.94. The second-order valence-electron chi connectivity index (χ2n) is 6.08. The molecule has 0 bridgehead atoms. The number of aromatic nitrogens is 1. The van der Waals surface area contributed by atoms with Gasteiger partial charge in [-0.15, -0.1) is 0 Å². The minimum atomic E-state index is -0.0351. The number of carbonyl (C=O) groups excluding carboxylic acids is 1. The number of rotatable bonds is 1. The molecule has 5 nitrogen and oxygen atoms in total. The Morgan fingerprint density at radius 1 is 1.18 bits per heavy atom. The molecule has 0 unspecified atom stereocenters. The van der Waals surface area contributed by atoms with E-state index in [4.69, 9.17) is 4.74 Å². The van der Waals surface area contributed by atoms with Gasteiger partial charge in [-0.25, -0.2) is 4.79 Å². The highest BCUT2D eigenvalue weighted by molar-refractivity contribution is 5.94. The number of H-pyrrole nitrogens is 1. The summed E-state index contributed by atoms with van der Waals surface area (Å²) in [5.74, 6) is 0. The van der Waals surface area contributed by atoms with Gasteiger partial charge in [-0.2, -0.15) is 0 Å². The summed E-state index contributed by atoms with van der Waals surface area (Å²) >= 11 is 0. The Labute approximate surface area is 129 Å². The van der Waals surface area contributed by atoms with Crippen LogP contribution < -0.4 is 5.32 Å². The van der Waals surface area contributed by atoms with Crippen molar-refractivity contribution in [2.24, 2.45) is 0 Å². The number of ether oxygens (including phenoxy) is 1. The summed E-state index contributed by atoms with van der Waals surface area (Å²) in [6, 6.07) is 6.12. The predicted octanol–water partition coefficient (Wildman–Crippen LogP) is 2.91. The molecule has 2 aromatic rings. The van der Waals surface area contributed by atoms with E-state index in [-0.39, 0.29) is 6.03 Å². The molecular formula is C17H21N3O2. The molecule has 2 N–H and O–H groups in total. The molecule has 116 valence electrons. The van der Waals surface area contributed by atoms with Crippen LogP contribution in [-0.4, -0.2) is 42.2 Å². The lowest BCUT2D eigenvalue weighted by Crippen LogP contribution is -2.43. The van der Waals surface area contributed by atoms with Crippen molar-refractivity contribution >= 4 is 22.6 Å².